The number of aromatic nitrogens is 5. The van der Waals surface area contributed by atoms with Crippen molar-refractivity contribution < 1.29 is 18.8 Å². The van der Waals surface area contributed by atoms with Gasteiger partial charge in [0, 0.05) is 30.5 Å². The predicted molar refractivity (Wildman–Crippen MR) is 146 cm³/mol. The number of carbonyl (C=O) groups excluding carboxylic acids is 3. The third kappa shape index (κ3) is 5.42. The average molecular weight is 594 g/mol. The van der Waals surface area contributed by atoms with Crippen molar-refractivity contribution in [2.45, 2.75) is 46.0 Å². The number of pyridine rings is 1. The van der Waals surface area contributed by atoms with Crippen LogP contribution in [0.15, 0.2) is 47.2 Å². The zero-order chi connectivity index (χ0) is 27.8. The third-order valence-electron chi connectivity index (χ3n) is 6.62. The van der Waals surface area contributed by atoms with Gasteiger partial charge in [-0.3, -0.25) is 19.1 Å². The number of halogens is 2. The molecule has 2 amide bonds. The zero-order valence-electron chi connectivity index (χ0n) is 21.5. The Bertz CT molecular complexity index is 1620. The van der Waals surface area contributed by atoms with Crippen LogP contribution in [0.1, 0.15) is 35.2 Å². The Morgan fingerprint density at radius 2 is 1.92 bits per heavy atom. The normalized spacial score (nSPS) is 17.0. The van der Waals surface area contributed by atoms with E-state index in [2.05, 4.69) is 41.3 Å². The van der Waals surface area contributed by atoms with Gasteiger partial charge in [-0.2, -0.15) is 5.10 Å². The highest BCUT2D eigenvalue weighted by molar-refractivity contribution is 9.10. The van der Waals surface area contributed by atoms with Gasteiger partial charge in [0.2, 0.25) is 11.8 Å². The first-order valence-corrected chi connectivity index (χ1v) is 13.1. The van der Waals surface area contributed by atoms with Crippen LogP contribution in [0.3, 0.4) is 0 Å². The van der Waals surface area contributed by atoms with E-state index in [-0.39, 0.29) is 31.0 Å². The lowest BCUT2D eigenvalue weighted by Gasteiger charge is -2.24. The minimum atomic E-state index is -1.35. The summed E-state index contributed by atoms with van der Waals surface area (Å²) in [5, 5.41) is 7.70. The van der Waals surface area contributed by atoms with Crippen LogP contribution >= 0.6 is 15.9 Å². The van der Waals surface area contributed by atoms with E-state index in [4.69, 9.17) is 0 Å². The Balaban J connectivity index is 1.42. The number of nitrogens with zero attached hydrogens (tertiary/aromatic N) is 6. The molecule has 0 unspecified atom stereocenters. The second-order valence-electron chi connectivity index (χ2n) is 9.47. The summed E-state index contributed by atoms with van der Waals surface area (Å²) in [6, 6.07) is 9.70. The lowest BCUT2D eigenvalue weighted by Crippen LogP contribution is -2.44. The van der Waals surface area contributed by atoms with E-state index in [1.165, 1.54) is 16.5 Å². The molecule has 4 heterocycles. The molecule has 5 rings (SSSR count). The number of nitrogens with one attached hydrogen (secondary N) is 1. The van der Waals surface area contributed by atoms with Crippen molar-refractivity contribution in [1.29, 1.82) is 0 Å². The molecule has 0 radical (unpaired) electrons. The van der Waals surface area contributed by atoms with Crippen molar-refractivity contribution in [2.75, 3.05) is 11.9 Å². The Morgan fingerprint density at radius 1 is 1.13 bits per heavy atom. The van der Waals surface area contributed by atoms with Gasteiger partial charge in [0.25, 0.3) is 0 Å². The smallest absolute Gasteiger partial charge is 0.248 e. The molecule has 0 aliphatic carbocycles. The second kappa shape index (κ2) is 10.6. The van der Waals surface area contributed by atoms with Crippen LogP contribution in [-0.4, -0.2) is 66.0 Å². The van der Waals surface area contributed by atoms with Gasteiger partial charge in [0.05, 0.1) is 17.8 Å². The summed E-state index contributed by atoms with van der Waals surface area (Å²) in [6.45, 7) is 4.51. The molecule has 10 nitrogen and oxygen atoms in total. The van der Waals surface area contributed by atoms with Crippen LogP contribution in [0.2, 0.25) is 0 Å². The van der Waals surface area contributed by atoms with E-state index < -0.39 is 24.0 Å². The highest BCUT2D eigenvalue weighted by Gasteiger charge is 2.40. The first-order valence-electron chi connectivity index (χ1n) is 12.3. The Morgan fingerprint density at radius 3 is 2.67 bits per heavy atom. The molecule has 3 aromatic heterocycles. The molecule has 2 atom stereocenters. The number of carbonyl (C=O) groups is 3. The van der Waals surface area contributed by atoms with Gasteiger partial charge in [-0.05, 0) is 59.6 Å². The van der Waals surface area contributed by atoms with E-state index in [9.17, 15) is 18.8 Å². The SMILES string of the molecule is CC(=O)c1nn(CC(=O)N2C[C@H](F)C[C@H]2C(=O)Nc2nc(Br)ccc2C)c2ccc(-c3ccnc(C)n3)cc12. The van der Waals surface area contributed by atoms with Crippen LogP contribution in [0.5, 0.6) is 0 Å². The standard InChI is InChI=1S/C27H25BrFN7O3/c1-14-4-7-23(28)32-26(14)33-27(39)22-11-18(29)12-35(22)24(38)13-36-21-6-5-17(20-8-9-30-16(3)31-20)10-19(21)25(34-36)15(2)37/h4-10,18,22H,11-13H2,1-3H3,(H,32,33,39)/t18-,22+/m1/s1. The number of aryl methyl sites for hydroxylation is 2. The van der Waals surface area contributed by atoms with Crippen molar-refractivity contribution in [2.24, 2.45) is 0 Å². The van der Waals surface area contributed by atoms with Gasteiger partial charge in [-0.15, -0.1) is 0 Å². The first kappa shape index (κ1) is 26.5. The number of ketones is 1. The fraction of sp³-hybridized carbons (Fsp3) is 0.296. The van der Waals surface area contributed by atoms with Crippen molar-refractivity contribution in [3.05, 3.63) is 64.3 Å². The summed E-state index contributed by atoms with van der Waals surface area (Å²) in [7, 11) is 0. The van der Waals surface area contributed by atoms with Gasteiger partial charge < -0.3 is 10.2 Å². The minimum Gasteiger partial charge on any atom is -0.326 e. The van der Waals surface area contributed by atoms with Crippen LogP contribution in [0.4, 0.5) is 10.2 Å². The molecule has 200 valence electrons. The summed E-state index contributed by atoms with van der Waals surface area (Å²) in [4.78, 5) is 52.9. The zero-order valence-corrected chi connectivity index (χ0v) is 23.1. The number of benzene rings is 1. The predicted octanol–water partition coefficient (Wildman–Crippen LogP) is 4.05. The number of alkyl halides is 1. The second-order valence-corrected chi connectivity index (χ2v) is 10.3. The molecule has 12 heteroatoms. The lowest BCUT2D eigenvalue weighted by atomic mass is 10.1. The Kier molecular flexibility index (Phi) is 7.21. The molecule has 4 aromatic rings. The number of hydrogen-bond acceptors (Lipinski definition) is 7. The fourth-order valence-corrected chi connectivity index (χ4v) is 5.00. The van der Waals surface area contributed by atoms with Gasteiger partial charge in [0.15, 0.2) is 5.78 Å². The third-order valence-corrected chi connectivity index (χ3v) is 7.06. The van der Waals surface area contributed by atoms with Gasteiger partial charge in [-0.25, -0.2) is 19.3 Å². The number of fused-ring (bicyclic) bond motifs is 1. The number of Topliss-reactive ketones (excluding diaryl/α,β-unsaturated/α-hetero) is 1. The maximum Gasteiger partial charge on any atom is 0.248 e. The molecule has 0 bridgehead atoms. The molecule has 1 aliphatic heterocycles. The van der Waals surface area contributed by atoms with Gasteiger partial charge >= 0.3 is 0 Å². The lowest BCUT2D eigenvalue weighted by molar-refractivity contribution is -0.137. The highest BCUT2D eigenvalue weighted by atomic mass is 79.9. The highest BCUT2D eigenvalue weighted by Crippen LogP contribution is 2.28. The number of likely N-dealkylation sites (tertiary alicyclic amines) is 1. The number of anilines is 1. The van der Waals surface area contributed by atoms with Crippen molar-refractivity contribution in [1.82, 2.24) is 29.6 Å². The maximum atomic E-state index is 14.5. The number of amides is 2. The molecule has 0 spiro atoms. The van der Waals surface area contributed by atoms with E-state index in [0.29, 0.717) is 32.8 Å². The van der Waals surface area contributed by atoms with E-state index >= 15 is 0 Å². The van der Waals surface area contributed by atoms with Crippen LogP contribution < -0.4 is 5.32 Å². The molecular weight excluding hydrogens is 569 g/mol. The Labute approximate surface area is 231 Å². The maximum absolute atomic E-state index is 14.5. The molecule has 1 aliphatic rings. The van der Waals surface area contributed by atoms with Gasteiger partial charge in [-0.1, -0.05) is 12.1 Å². The van der Waals surface area contributed by atoms with E-state index in [0.717, 1.165) is 11.1 Å². The quantitative estimate of drug-likeness (QED) is 0.264. The molecule has 1 fully saturated rings. The van der Waals surface area contributed by atoms with Crippen molar-refractivity contribution in [3.8, 4) is 11.3 Å². The summed E-state index contributed by atoms with van der Waals surface area (Å²) >= 11 is 3.28. The number of rotatable bonds is 6. The summed E-state index contributed by atoms with van der Waals surface area (Å²) in [5.74, 6) is -0.313. The molecule has 1 N–H and O–H groups in total. The van der Waals surface area contributed by atoms with Crippen LogP contribution in [0.25, 0.3) is 22.2 Å². The van der Waals surface area contributed by atoms with Crippen LogP contribution in [-0.2, 0) is 16.1 Å². The molecule has 0 saturated carbocycles. The minimum absolute atomic E-state index is 0.120. The summed E-state index contributed by atoms with van der Waals surface area (Å²) in [5.41, 5.74) is 2.97. The molecular formula is C27H25BrFN7O3. The number of hydrogen-bond donors (Lipinski definition) is 1. The average Bonchev–Trinajstić information content (AvgIpc) is 3.47. The Hall–Kier alpha value is -4.06. The van der Waals surface area contributed by atoms with E-state index in [1.807, 2.05) is 6.07 Å². The summed E-state index contributed by atoms with van der Waals surface area (Å²) < 4.78 is 16.4. The largest absolute Gasteiger partial charge is 0.326 e. The topological polar surface area (TPSA) is 123 Å². The van der Waals surface area contributed by atoms with Crippen LogP contribution in [0, 0.1) is 13.8 Å². The van der Waals surface area contributed by atoms with Crippen molar-refractivity contribution >= 4 is 50.2 Å². The summed E-state index contributed by atoms with van der Waals surface area (Å²) in [6.07, 6.45) is 0.192. The molecule has 39 heavy (non-hydrogen) atoms. The monoisotopic (exact) mass is 593 g/mol. The fourth-order valence-electron chi connectivity index (χ4n) is 4.70. The van der Waals surface area contributed by atoms with E-state index in [1.54, 1.807) is 50.4 Å². The molecule has 1 aromatic carbocycles. The van der Waals surface area contributed by atoms with Crippen molar-refractivity contribution in [3.63, 3.8) is 0 Å². The first-order chi connectivity index (χ1) is 18.6. The molecule has 1 saturated heterocycles. The van der Waals surface area contributed by atoms with Gasteiger partial charge in [0.1, 0.15) is 40.7 Å².